The first kappa shape index (κ1) is 14.8. The molecule has 0 spiro atoms. The summed E-state index contributed by atoms with van der Waals surface area (Å²) in [5.41, 5.74) is 6.71. The predicted octanol–water partition coefficient (Wildman–Crippen LogP) is 3.14. The Morgan fingerprint density at radius 3 is 2.29 bits per heavy atom. The zero-order chi connectivity index (χ0) is 15.6. The Balaban J connectivity index is 2.53. The topological polar surface area (TPSA) is 61.8 Å². The Bertz CT molecular complexity index is 678. The van der Waals surface area contributed by atoms with E-state index < -0.39 is 11.6 Å². The van der Waals surface area contributed by atoms with Crippen LogP contribution in [0.1, 0.15) is 11.1 Å². The fourth-order valence-electron chi connectivity index (χ4n) is 2.15. The van der Waals surface area contributed by atoms with Crippen molar-refractivity contribution in [3.63, 3.8) is 0 Å². The lowest BCUT2D eigenvalue weighted by atomic mass is 10.1. The molecule has 3 N–H and O–H groups in total. The van der Waals surface area contributed by atoms with Gasteiger partial charge in [0.25, 0.3) is 0 Å². The van der Waals surface area contributed by atoms with Gasteiger partial charge in [-0.05, 0) is 30.7 Å². The zero-order valence-corrected chi connectivity index (χ0v) is 11.6. The Morgan fingerprint density at radius 2 is 1.76 bits per heavy atom. The van der Waals surface area contributed by atoms with Crippen LogP contribution in [-0.4, -0.2) is 18.1 Å². The van der Waals surface area contributed by atoms with Crippen molar-refractivity contribution < 1.29 is 14.0 Å². The minimum absolute atomic E-state index is 0.0190. The van der Waals surface area contributed by atoms with Crippen molar-refractivity contribution in [1.82, 2.24) is 0 Å². The minimum atomic E-state index is -0.789. The quantitative estimate of drug-likeness (QED) is 0.395. The van der Waals surface area contributed by atoms with Gasteiger partial charge in [0.15, 0.2) is 17.5 Å². The maximum absolute atomic E-state index is 14.2. The molecule has 0 bridgehead atoms. The summed E-state index contributed by atoms with van der Waals surface area (Å²) in [6, 6.07) is 9.32. The van der Waals surface area contributed by atoms with Gasteiger partial charge in [0, 0.05) is 18.3 Å². The highest BCUT2D eigenvalue weighted by atomic mass is 19.1. The van der Waals surface area contributed by atoms with Crippen LogP contribution in [0, 0.1) is 18.6 Å². The number of rotatable bonds is 3. The van der Waals surface area contributed by atoms with Crippen LogP contribution in [0.2, 0.25) is 0 Å². The maximum Gasteiger partial charge on any atom is 0.170 e. The second-order valence-corrected chi connectivity index (χ2v) is 4.62. The summed E-state index contributed by atoms with van der Waals surface area (Å²) in [6.45, 7) is 1.85. The summed E-state index contributed by atoms with van der Waals surface area (Å²) in [5, 5.41) is 11.3. The van der Waals surface area contributed by atoms with Crippen molar-refractivity contribution in [2.24, 2.45) is 10.9 Å². The molecule has 0 heterocycles. The molecule has 0 aliphatic rings. The first-order valence-electron chi connectivity index (χ1n) is 6.22. The number of hydrogen-bond acceptors (Lipinski definition) is 3. The van der Waals surface area contributed by atoms with Crippen LogP contribution < -0.4 is 10.6 Å². The van der Waals surface area contributed by atoms with Gasteiger partial charge < -0.3 is 15.8 Å². The summed E-state index contributed by atoms with van der Waals surface area (Å²) in [7, 11) is 1.58. The third-order valence-electron chi connectivity index (χ3n) is 3.23. The molecule has 0 atom stereocenters. The number of anilines is 2. The standard InChI is InChI=1S/C15H15F2N3O/c1-9-5-3-4-6-13(9)20(2)14-11(16)7-10(8-12(14)17)15(18)19-21/h3-8,21H,1-2H3,(H2,18,19). The van der Waals surface area contributed by atoms with Gasteiger partial charge in [-0.15, -0.1) is 0 Å². The van der Waals surface area contributed by atoms with Crippen LogP contribution in [-0.2, 0) is 0 Å². The molecule has 0 aliphatic carbocycles. The molecular formula is C15H15F2N3O. The maximum atomic E-state index is 14.2. The molecule has 0 aromatic heterocycles. The van der Waals surface area contributed by atoms with E-state index in [4.69, 9.17) is 10.9 Å². The lowest BCUT2D eigenvalue weighted by Gasteiger charge is -2.23. The number of oxime groups is 1. The number of nitrogens with two attached hydrogens (primary N) is 1. The van der Waals surface area contributed by atoms with Crippen molar-refractivity contribution in [1.29, 1.82) is 0 Å². The van der Waals surface area contributed by atoms with Crippen molar-refractivity contribution >= 4 is 17.2 Å². The second kappa shape index (κ2) is 5.78. The van der Waals surface area contributed by atoms with E-state index in [9.17, 15) is 8.78 Å². The smallest absolute Gasteiger partial charge is 0.170 e. The first-order chi connectivity index (χ1) is 9.95. The molecule has 0 saturated carbocycles. The van der Waals surface area contributed by atoms with Gasteiger partial charge >= 0.3 is 0 Å². The Labute approximate surface area is 121 Å². The predicted molar refractivity (Wildman–Crippen MR) is 78.1 cm³/mol. The van der Waals surface area contributed by atoms with Crippen LogP contribution in [0.3, 0.4) is 0 Å². The fourth-order valence-corrected chi connectivity index (χ4v) is 2.15. The van der Waals surface area contributed by atoms with Crippen LogP contribution in [0.25, 0.3) is 0 Å². The second-order valence-electron chi connectivity index (χ2n) is 4.62. The van der Waals surface area contributed by atoms with E-state index in [2.05, 4.69) is 5.16 Å². The van der Waals surface area contributed by atoms with Gasteiger partial charge in [0.1, 0.15) is 5.69 Å². The minimum Gasteiger partial charge on any atom is -0.409 e. The largest absolute Gasteiger partial charge is 0.409 e. The number of para-hydroxylation sites is 1. The van der Waals surface area contributed by atoms with Crippen LogP contribution >= 0.6 is 0 Å². The van der Waals surface area contributed by atoms with Crippen LogP contribution in [0.4, 0.5) is 20.2 Å². The highest BCUT2D eigenvalue weighted by Crippen LogP contribution is 2.31. The van der Waals surface area contributed by atoms with Gasteiger partial charge in [-0.3, -0.25) is 0 Å². The summed E-state index contributed by atoms with van der Waals surface area (Å²) in [6.07, 6.45) is 0. The molecule has 2 aromatic rings. The van der Waals surface area contributed by atoms with Gasteiger partial charge in [-0.1, -0.05) is 23.4 Å². The Hall–Kier alpha value is -2.63. The average Bonchev–Trinajstić information content (AvgIpc) is 2.45. The molecule has 0 unspecified atom stereocenters. The van der Waals surface area contributed by atoms with E-state index in [1.807, 2.05) is 19.1 Å². The zero-order valence-electron chi connectivity index (χ0n) is 11.6. The molecule has 2 rings (SSSR count). The van der Waals surface area contributed by atoms with E-state index >= 15 is 0 Å². The SMILES string of the molecule is Cc1ccccc1N(C)c1c(F)cc(/C(N)=N/O)cc1F. The summed E-state index contributed by atoms with van der Waals surface area (Å²) < 4.78 is 28.4. The first-order valence-corrected chi connectivity index (χ1v) is 6.22. The third kappa shape index (κ3) is 2.79. The number of nitrogens with zero attached hydrogens (tertiary/aromatic N) is 2. The molecule has 6 heteroatoms. The van der Waals surface area contributed by atoms with E-state index in [-0.39, 0.29) is 17.1 Å². The molecule has 110 valence electrons. The van der Waals surface area contributed by atoms with Crippen molar-refractivity contribution in [3.8, 4) is 0 Å². The van der Waals surface area contributed by atoms with Gasteiger partial charge in [0.2, 0.25) is 0 Å². The molecule has 0 radical (unpaired) electrons. The Kier molecular flexibility index (Phi) is 4.07. The molecule has 0 aliphatic heterocycles. The van der Waals surface area contributed by atoms with E-state index in [1.165, 1.54) is 4.90 Å². The number of halogens is 2. The highest BCUT2D eigenvalue weighted by molar-refractivity contribution is 5.97. The number of aryl methyl sites for hydroxylation is 1. The number of hydrogen-bond donors (Lipinski definition) is 2. The number of amidine groups is 1. The van der Waals surface area contributed by atoms with Gasteiger partial charge in [-0.2, -0.15) is 0 Å². The fraction of sp³-hybridized carbons (Fsp3) is 0.133. The van der Waals surface area contributed by atoms with Crippen molar-refractivity contribution in [2.45, 2.75) is 6.92 Å². The van der Waals surface area contributed by atoms with E-state index in [1.54, 1.807) is 19.2 Å². The highest BCUT2D eigenvalue weighted by Gasteiger charge is 2.18. The monoisotopic (exact) mass is 291 g/mol. The molecule has 2 aromatic carbocycles. The van der Waals surface area contributed by atoms with E-state index in [0.29, 0.717) is 5.69 Å². The molecular weight excluding hydrogens is 276 g/mol. The van der Waals surface area contributed by atoms with Crippen molar-refractivity contribution in [3.05, 3.63) is 59.2 Å². The molecule has 4 nitrogen and oxygen atoms in total. The summed E-state index contributed by atoms with van der Waals surface area (Å²) >= 11 is 0. The molecule has 21 heavy (non-hydrogen) atoms. The van der Waals surface area contributed by atoms with Gasteiger partial charge in [-0.25, -0.2) is 8.78 Å². The third-order valence-corrected chi connectivity index (χ3v) is 3.23. The van der Waals surface area contributed by atoms with Crippen LogP contribution in [0.15, 0.2) is 41.6 Å². The molecule has 0 amide bonds. The molecule has 0 fully saturated rings. The van der Waals surface area contributed by atoms with Crippen molar-refractivity contribution in [2.75, 3.05) is 11.9 Å². The van der Waals surface area contributed by atoms with Gasteiger partial charge in [0.05, 0.1) is 0 Å². The average molecular weight is 291 g/mol. The Morgan fingerprint density at radius 1 is 1.19 bits per heavy atom. The number of benzene rings is 2. The van der Waals surface area contributed by atoms with E-state index in [0.717, 1.165) is 17.7 Å². The van der Waals surface area contributed by atoms with Crippen LogP contribution in [0.5, 0.6) is 0 Å². The summed E-state index contributed by atoms with van der Waals surface area (Å²) in [4.78, 5) is 1.43. The summed E-state index contributed by atoms with van der Waals surface area (Å²) in [5.74, 6) is -1.93. The molecule has 0 saturated heterocycles. The lowest BCUT2D eigenvalue weighted by Crippen LogP contribution is -2.18. The lowest BCUT2D eigenvalue weighted by molar-refractivity contribution is 0.318. The normalized spacial score (nSPS) is 11.5.